The SMILES string of the molecule is COc1cc(/C=N/NC(=O)c2ccc([N+](=O)[O-])cc2)cc(Br)c1OCc1ccc(Br)cc1. The van der Waals surface area contributed by atoms with E-state index in [0.717, 1.165) is 10.0 Å². The number of rotatable bonds is 8. The largest absolute Gasteiger partial charge is 0.493 e. The molecule has 0 spiro atoms. The van der Waals surface area contributed by atoms with Crippen molar-refractivity contribution in [1.29, 1.82) is 0 Å². The van der Waals surface area contributed by atoms with Crippen LogP contribution in [0.2, 0.25) is 0 Å². The van der Waals surface area contributed by atoms with Crippen molar-refractivity contribution in [2.75, 3.05) is 7.11 Å². The molecule has 3 aromatic rings. The number of amides is 1. The van der Waals surface area contributed by atoms with E-state index in [2.05, 4.69) is 42.4 Å². The Morgan fingerprint density at radius 2 is 1.81 bits per heavy atom. The molecule has 0 aliphatic carbocycles. The maximum atomic E-state index is 12.1. The van der Waals surface area contributed by atoms with Crippen molar-refractivity contribution in [3.8, 4) is 11.5 Å². The Morgan fingerprint density at radius 1 is 1.12 bits per heavy atom. The highest BCUT2D eigenvalue weighted by atomic mass is 79.9. The number of hydrogen-bond acceptors (Lipinski definition) is 6. The predicted octanol–water partition coefficient (Wildman–Crippen LogP) is 5.47. The minimum atomic E-state index is -0.530. The lowest BCUT2D eigenvalue weighted by atomic mass is 10.2. The molecule has 0 saturated heterocycles. The predicted molar refractivity (Wildman–Crippen MR) is 127 cm³/mol. The molecule has 0 bridgehead atoms. The summed E-state index contributed by atoms with van der Waals surface area (Å²) in [6.45, 7) is 0.362. The van der Waals surface area contributed by atoms with Crippen LogP contribution >= 0.6 is 31.9 Å². The van der Waals surface area contributed by atoms with Gasteiger partial charge in [0.05, 0.1) is 22.7 Å². The fraction of sp³-hybridized carbons (Fsp3) is 0.0909. The number of hydrazone groups is 1. The molecule has 0 heterocycles. The molecule has 0 saturated carbocycles. The number of non-ortho nitro benzene ring substituents is 1. The molecule has 0 fully saturated rings. The van der Waals surface area contributed by atoms with Crippen LogP contribution in [0.3, 0.4) is 0 Å². The first kappa shape index (κ1) is 23.4. The molecule has 0 unspecified atom stereocenters. The fourth-order valence-corrected chi connectivity index (χ4v) is 3.49. The van der Waals surface area contributed by atoms with Gasteiger partial charge < -0.3 is 9.47 Å². The summed E-state index contributed by atoms with van der Waals surface area (Å²) < 4.78 is 13.0. The molecule has 32 heavy (non-hydrogen) atoms. The summed E-state index contributed by atoms with van der Waals surface area (Å²) in [5, 5.41) is 14.6. The molecular formula is C22H17Br2N3O5. The van der Waals surface area contributed by atoms with Gasteiger partial charge >= 0.3 is 0 Å². The van der Waals surface area contributed by atoms with E-state index >= 15 is 0 Å². The summed E-state index contributed by atoms with van der Waals surface area (Å²) in [7, 11) is 1.53. The van der Waals surface area contributed by atoms with E-state index in [0.29, 0.717) is 28.1 Å². The molecule has 0 aromatic heterocycles. The minimum Gasteiger partial charge on any atom is -0.493 e. The lowest BCUT2D eigenvalue weighted by molar-refractivity contribution is -0.384. The van der Waals surface area contributed by atoms with Crippen molar-refractivity contribution in [2.45, 2.75) is 6.61 Å². The highest BCUT2D eigenvalue weighted by Crippen LogP contribution is 2.37. The summed E-state index contributed by atoms with van der Waals surface area (Å²) in [5.41, 5.74) is 4.21. The minimum absolute atomic E-state index is 0.0931. The monoisotopic (exact) mass is 561 g/mol. The third-order valence-electron chi connectivity index (χ3n) is 4.27. The van der Waals surface area contributed by atoms with Crippen LogP contribution in [-0.2, 0) is 6.61 Å². The Kier molecular flexibility index (Phi) is 7.96. The summed E-state index contributed by atoms with van der Waals surface area (Å²) in [5.74, 6) is 0.554. The van der Waals surface area contributed by atoms with Gasteiger partial charge in [0.25, 0.3) is 11.6 Å². The van der Waals surface area contributed by atoms with Gasteiger partial charge in [-0.15, -0.1) is 0 Å². The van der Waals surface area contributed by atoms with Gasteiger partial charge in [-0.1, -0.05) is 28.1 Å². The van der Waals surface area contributed by atoms with Crippen molar-refractivity contribution in [3.05, 3.63) is 96.4 Å². The zero-order valence-electron chi connectivity index (χ0n) is 16.7. The quantitative estimate of drug-likeness (QED) is 0.223. The van der Waals surface area contributed by atoms with E-state index in [1.54, 1.807) is 12.1 Å². The number of carbonyl (C=O) groups excluding carboxylic acids is 1. The van der Waals surface area contributed by atoms with E-state index in [1.807, 2.05) is 24.3 Å². The molecule has 1 amide bonds. The zero-order valence-corrected chi connectivity index (χ0v) is 19.9. The van der Waals surface area contributed by atoms with Crippen LogP contribution in [0.15, 0.2) is 74.7 Å². The number of ether oxygens (including phenoxy) is 2. The van der Waals surface area contributed by atoms with Crippen molar-refractivity contribution >= 4 is 49.7 Å². The second-order valence-electron chi connectivity index (χ2n) is 6.45. The van der Waals surface area contributed by atoms with Gasteiger partial charge in [0.2, 0.25) is 0 Å². The number of methoxy groups -OCH3 is 1. The van der Waals surface area contributed by atoms with Gasteiger partial charge in [0.15, 0.2) is 11.5 Å². The Hall–Kier alpha value is -3.24. The molecule has 0 aliphatic rings. The second kappa shape index (κ2) is 10.9. The molecule has 0 radical (unpaired) electrons. The molecule has 1 N–H and O–H groups in total. The molecule has 3 rings (SSSR count). The topological polar surface area (TPSA) is 103 Å². The average Bonchev–Trinajstić information content (AvgIpc) is 2.79. The number of nitro benzene ring substituents is 1. The van der Waals surface area contributed by atoms with E-state index in [1.165, 1.54) is 37.6 Å². The number of nitrogens with one attached hydrogen (secondary N) is 1. The molecule has 8 nitrogen and oxygen atoms in total. The van der Waals surface area contributed by atoms with Crippen molar-refractivity contribution < 1.29 is 19.2 Å². The Labute approximate surface area is 200 Å². The summed E-state index contributed by atoms with van der Waals surface area (Å²) in [6.07, 6.45) is 1.45. The van der Waals surface area contributed by atoms with Gasteiger partial charge in [-0.2, -0.15) is 5.10 Å². The first-order valence-corrected chi connectivity index (χ1v) is 10.8. The van der Waals surface area contributed by atoms with Gasteiger partial charge in [0, 0.05) is 22.2 Å². The normalized spacial score (nSPS) is 10.7. The van der Waals surface area contributed by atoms with Gasteiger partial charge in [-0.3, -0.25) is 14.9 Å². The van der Waals surface area contributed by atoms with E-state index in [9.17, 15) is 14.9 Å². The Balaban J connectivity index is 1.66. The number of carbonyl (C=O) groups is 1. The van der Waals surface area contributed by atoms with Gasteiger partial charge in [-0.05, 0) is 63.5 Å². The van der Waals surface area contributed by atoms with Crippen LogP contribution in [0.5, 0.6) is 11.5 Å². The number of nitrogens with zero attached hydrogens (tertiary/aromatic N) is 2. The van der Waals surface area contributed by atoms with Gasteiger partial charge in [-0.25, -0.2) is 5.43 Å². The number of hydrogen-bond donors (Lipinski definition) is 1. The number of nitro groups is 1. The summed E-state index contributed by atoms with van der Waals surface area (Å²) in [6, 6.07) is 16.5. The standard InChI is InChI=1S/C22H17Br2N3O5/c1-31-20-11-15(10-19(24)21(20)32-13-14-2-6-17(23)7-3-14)12-25-26-22(28)16-4-8-18(9-5-16)27(29)30/h2-12H,13H2,1H3,(H,26,28)/b25-12+. The van der Waals surface area contributed by atoms with Crippen LogP contribution in [-0.4, -0.2) is 24.2 Å². The first-order chi connectivity index (χ1) is 15.4. The maximum absolute atomic E-state index is 12.1. The van der Waals surface area contributed by atoms with Crippen molar-refractivity contribution in [2.24, 2.45) is 5.10 Å². The molecule has 0 aliphatic heterocycles. The molecule has 3 aromatic carbocycles. The third-order valence-corrected chi connectivity index (χ3v) is 5.39. The smallest absolute Gasteiger partial charge is 0.271 e. The van der Waals surface area contributed by atoms with Crippen LogP contribution in [0.1, 0.15) is 21.5 Å². The van der Waals surface area contributed by atoms with Crippen LogP contribution in [0.25, 0.3) is 0 Å². The third kappa shape index (κ3) is 6.14. The lowest BCUT2D eigenvalue weighted by Crippen LogP contribution is -2.17. The number of halogens is 2. The van der Waals surface area contributed by atoms with Crippen LogP contribution < -0.4 is 14.9 Å². The highest BCUT2D eigenvalue weighted by molar-refractivity contribution is 9.10. The second-order valence-corrected chi connectivity index (χ2v) is 8.22. The Morgan fingerprint density at radius 3 is 2.44 bits per heavy atom. The van der Waals surface area contributed by atoms with E-state index in [-0.39, 0.29) is 11.3 Å². The van der Waals surface area contributed by atoms with Gasteiger partial charge in [0.1, 0.15) is 6.61 Å². The zero-order chi connectivity index (χ0) is 23.1. The van der Waals surface area contributed by atoms with E-state index < -0.39 is 10.8 Å². The average molecular weight is 563 g/mol. The van der Waals surface area contributed by atoms with Crippen molar-refractivity contribution in [3.63, 3.8) is 0 Å². The fourth-order valence-electron chi connectivity index (χ4n) is 2.66. The maximum Gasteiger partial charge on any atom is 0.271 e. The lowest BCUT2D eigenvalue weighted by Gasteiger charge is -2.13. The van der Waals surface area contributed by atoms with Crippen LogP contribution in [0.4, 0.5) is 5.69 Å². The molecule has 10 heteroatoms. The molecular weight excluding hydrogens is 546 g/mol. The van der Waals surface area contributed by atoms with E-state index in [4.69, 9.17) is 9.47 Å². The highest BCUT2D eigenvalue weighted by Gasteiger charge is 2.12. The first-order valence-electron chi connectivity index (χ1n) is 9.20. The summed E-state index contributed by atoms with van der Waals surface area (Å²) in [4.78, 5) is 22.3. The summed E-state index contributed by atoms with van der Waals surface area (Å²) >= 11 is 6.89. The number of benzene rings is 3. The Bertz CT molecular complexity index is 1150. The molecule has 0 atom stereocenters. The van der Waals surface area contributed by atoms with Crippen molar-refractivity contribution in [1.82, 2.24) is 5.43 Å². The molecule has 164 valence electrons. The van der Waals surface area contributed by atoms with Crippen LogP contribution in [0, 0.1) is 10.1 Å².